The van der Waals surface area contributed by atoms with Gasteiger partial charge in [0.05, 0.1) is 24.1 Å². The first-order valence-corrected chi connectivity index (χ1v) is 7.30. The Hall–Kier alpha value is -2.41. The molecule has 2 N–H and O–H groups in total. The summed E-state index contributed by atoms with van der Waals surface area (Å²) in [6, 6.07) is 3.24. The second-order valence-electron chi connectivity index (χ2n) is 5.33. The van der Waals surface area contributed by atoms with Gasteiger partial charge in [-0.25, -0.2) is 4.79 Å². The van der Waals surface area contributed by atoms with Gasteiger partial charge in [-0.3, -0.25) is 9.67 Å². The van der Waals surface area contributed by atoms with E-state index in [0.717, 1.165) is 18.4 Å². The molecule has 3 heterocycles. The highest BCUT2D eigenvalue weighted by Gasteiger charge is 2.29. The number of urea groups is 1. The zero-order valence-electron chi connectivity index (χ0n) is 12.4. The van der Waals surface area contributed by atoms with Crippen LogP contribution in [-0.2, 0) is 11.8 Å². The van der Waals surface area contributed by atoms with Crippen LogP contribution in [0.15, 0.2) is 36.9 Å². The Morgan fingerprint density at radius 1 is 1.45 bits per heavy atom. The summed E-state index contributed by atoms with van der Waals surface area (Å²) in [5.41, 5.74) is 1.64. The van der Waals surface area contributed by atoms with Gasteiger partial charge in [0.2, 0.25) is 0 Å². The fraction of sp³-hybridized carbons (Fsp3) is 0.400. The Morgan fingerprint density at radius 2 is 2.36 bits per heavy atom. The lowest BCUT2D eigenvalue weighted by molar-refractivity contribution is -0.00700. The molecule has 0 aliphatic carbocycles. The second-order valence-corrected chi connectivity index (χ2v) is 5.33. The number of nitrogens with zero attached hydrogens (tertiary/aromatic N) is 3. The first kappa shape index (κ1) is 14.5. The van der Waals surface area contributed by atoms with Crippen LogP contribution >= 0.6 is 0 Å². The Bertz CT molecular complexity index is 628. The smallest absolute Gasteiger partial charge is 0.319 e. The highest BCUT2D eigenvalue weighted by molar-refractivity contribution is 5.89. The topological polar surface area (TPSA) is 81.1 Å². The van der Waals surface area contributed by atoms with Gasteiger partial charge in [0.1, 0.15) is 6.10 Å². The Balaban J connectivity index is 1.65. The molecule has 1 aliphatic heterocycles. The molecule has 1 aliphatic rings. The minimum absolute atomic E-state index is 0.0744. The van der Waals surface area contributed by atoms with Crippen LogP contribution in [-0.4, -0.2) is 33.4 Å². The van der Waals surface area contributed by atoms with Gasteiger partial charge >= 0.3 is 6.03 Å². The van der Waals surface area contributed by atoms with E-state index in [1.165, 1.54) is 0 Å². The summed E-state index contributed by atoms with van der Waals surface area (Å²) >= 11 is 0. The monoisotopic (exact) mass is 301 g/mol. The van der Waals surface area contributed by atoms with Gasteiger partial charge in [-0.2, -0.15) is 5.10 Å². The largest absolute Gasteiger partial charge is 0.371 e. The van der Waals surface area contributed by atoms with E-state index < -0.39 is 0 Å². The quantitative estimate of drug-likeness (QED) is 0.906. The van der Waals surface area contributed by atoms with E-state index in [2.05, 4.69) is 20.7 Å². The van der Waals surface area contributed by atoms with Gasteiger partial charge in [0.25, 0.3) is 0 Å². The number of aromatic nitrogens is 3. The summed E-state index contributed by atoms with van der Waals surface area (Å²) in [6.07, 6.45) is 8.61. The van der Waals surface area contributed by atoms with Crippen molar-refractivity contribution < 1.29 is 9.53 Å². The Kier molecular flexibility index (Phi) is 4.34. The predicted molar refractivity (Wildman–Crippen MR) is 81.3 cm³/mol. The van der Waals surface area contributed by atoms with Gasteiger partial charge in [0, 0.05) is 31.6 Å². The molecule has 1 fully saturated rings. The molecule has 0 unspecified atom stereocenters. The summed E-state index contributed by atoms with van der Waals surface area (Å²) in [6.45, 7) is 0.696. The zero-order valence-corrected chi connectivity index (χ0v) is 12.4. The van der Waals surface area contributed by atoms with Crippen LogP contribution in [0.25, 0.3) is 0 Å². The molecule has 7 nitrogen and oxygen atoms in total. The third kappa shape index (κ3) is 3.43. The minimum Gasteiger partial charge on any atom is -0.371 e. The molecular formula is C15H19N5O2. The summed E-state index contributed by atoms with van der Waals surface area (Å²) in [4.78, 5) is 16.1. The van der Waals surface area contributed by atoms with Crippen LogP contribution in [0.4, 0.5) is 10.5 Å². The van der Waals surface area contributed by atoms with Crippen molar-refractivity contribution in [2.24, 2.45) is 7.05 Å². The molecular weight excluding hydrogens is 282 g/mol. The van der Waals surface area contributed by atoms with Crippen molar-refractivity contribution >= 4 is 11.7 Å². The van der Waals surface area contributed by atoms with E-state index in [0.29, 0.717) is 12.3 Å². The van der Waals surface area contributed by atoms with E-state index >= 15 is 0 Å². The molecule has 1 saturated heterocycles. The fourth-order valence-electron chi connectivity index (χ4n) is 2.62. The van der Waals surface area contributed by atoms with Gasteiger partial charge in [0.15, 0.2) is 0 Å². The molecule has 116 valence electrons. The van der Waals surface area contributed by atoms with Crippen molar-refractivity contribution in [2.45, 2.75) is 25.0 Å². The molecule has 2 aromatic heterocycles. The maximum atomic E-state index is 12.1. The first-order valence-electron chi connectivity index (χ1n) is 7.30. The normalized spacial score (nSPS) is 21.3. The van der Waals surface area contributed by atoms with Crippen LogP contribution in [0.1, 0.15) is 24.5 Å². The Morgan fingerprint density at radius 3 is 3.09 bits per heavy atom. The number of carbonyl (C=O) groups is 1. The molecule has 0 aromatic carbocycles. The van der Waals surface area contributed by atoms with Gasteiger partial charge in [-0.1, -0.05) is 0 Å². The number of hydrogen-bond donors (Lipinski definition) is 2. The highest BCUT2D eigenvalue weighted by atomic mass is 16.5. The summed E-state index contributed by atoms with van der Waals surface area (Å²) in [7, 11) is 1.86. The standard InChI is InChI=1S/C15H19N5O2/c1-20-10-11(8-17-20)14-13(5-3-7-22-14)19-15(21)18-12-4-2-6-16-9-12/h2,4,6,8-10,13-14H,3,5,7H2,1H3,(H2,18,19,21)/t13-,14+/m0/s1. The molecule has 0 bridgehead atoms. The molecule has 7 heteroatoms. The maximum absolute atomic E-state index is 12.1. The van der Waals surface area contributed by atoms with Crippen molar-refractivity contribution in [3.8, 4) is 0 Å². The average molecular weight is 301 g/mol. The van der Waals surface area contributed by atoms with Crippen molar-refractivity contribution in [2.75, 3.05) is 11.9 Å². The second kappa shape index (κ2) is 6.57. The highest BCUT2D eigenvalue weighted by Crippen LogP contribution is 2.28. The zero-order chi connectivity index (χ0) is 15.4. The average Bonchev–Trinajstić information content (AvgIpc) is 2.95. The third-order valence-corrected chi connectivity index (χ3v) is 3.61. The lowest BCUT2D eigenvalue weighted by Crippen LogP contribution is -2.44. The number of amides is 2. The number of ether oxygens (including phenoxy) is 1. The van der Waals surface area contributed by atoms with Crippen LogP contribution in [0.5, 0.6) is 0 Å². The van der Waals surface area contributed by atoms with Crippen LogP contribution < -0.4 is 10.6 Å². The van der Waals surface area contributed by atoms with Gasteiger partial charge in [-0.15, -0.1) is 0 Å². The summed E-state index contributed by atoms with van der Waals surface area (Å²) in [5, 5.41) is 9.94. The molecule has 2 aromatic rings. The lowest BCUT2D eigenvalue weighted by Gasteiger charge is -2.31. The minimum atomic E-state index is -0.252. The SMILES string of the molecule is Cn1cc([C@H]2OCCC[C@@H]2NC(=O)Nc2cccnc2)cn1. The molecule has 3 rings (SSSR count). The van der Waals surface area contributed by atoms with Crippen LogP contribution in [0.2, 0.25) is 0 Å². The molecule has 22 heavy (non-hydrogen) atoms. The number of carbonyl (C=O) groups excluding carboxylic acids is 1. The third-order valence-electron chi connectivity index (χ3n) is 3.61. The molecule has 0 spiro atoms. The van der Waals surface area contributed by atoms with E-state index in [-0.39, 0.29) is 18.2 Å². The molecule has 0 saturated carbocycles. The molecule has 2 amide bonds. The molecule has 0 radical (unpaired) electrons. The Labute approximate surface area is 128 Å². The van der Waals surface area contributed by atoms with E-state index in [4.69, 9.17) is 4.74 Å². The lowest BCUT2D eigenvalue weighted by atomic mass is 9.98. The van der Waals surface area contributed by atoms with Gasteiger partial charge < -0.3 is 15.4 Å². The summed E-state index contributed by atoms with van der Waals surface area (Å²) < 4.78 is 7.57. The number of pyridine rings is 1. The van der Waals surface area contributed by atoms with Crippen molar-refractivity contribution in [1.82, 2.24) is 20.1 Å². The van der Waals surface area contributed by atoms with Crippen molar-refractivity contribution in [1.29, 1.82) is 0 Å². The van der Waals surface area contributed by atoms with E-state index in [1.807, 2.05) is 13.2 Å². The van der Waals surface area contributed by atoms with E-state index in [1.54, 1.807) is 35.4 Å². The number of nitrogens with one attached hydrogen (secondary N) is 2. The number of rotatable bonds is 3. The molecule has 2 atom stereocenters. The maximum Gasteiger partial charge on any atom is 0.319 e. The first-order chi connectivity index (χ1) is 10.7. The number of anilines is 1. The van der Waals surface area contributed by atoms with Crippen LogP contribution in [0, 0.1) is 0 Å². The summed E-state index contributed by atoms with van der Waals surface area (Å²) in [5.74, 6) is 0. The predicted octanol–water partition coefficient (Wildman–Crippen LogP) is 1.86. The van der Waals surface area contributed by atoms with E-state index in [9.17, 15) is 4.79 Å². The number of aryl methyl sites for hydroxylation is 1. The van der Waals surface area contributed by atoms with Crippen molar-refractivity contribution in [3.63, 3.8) is 0 Å². The van der Waals surface area contributed by atoms with Crippen LogP contribution in [0.3, 0.4) is 0 Å². The number of hydrogen-bond acceptors (Lipinski definition) is 4. The fourth-order valence-corrected chi connectivity index (χ4v) is 2.62. The van der Waals surface area contributed by atoms with Gasteiger partial charge in [-0.05, 0) is 25.0 Å². The van der Waals surface area contributed by atoms with Crippen molar-refractivity contribution in [3.05, 3.63) is 42.5 Å².